The Hall–Kier alpha value is -2.94. The van der Waals surface area contributed by atoms with Gasteiger partial charge in [0, 0.05) is 29.7 Å². The van der Waals surface area contributed by atoms with Crippen molar-refractivity contribution in [2.45, 2.75) is 82.3 Å². The zero-order valence-corrected chi connectivity index (χ0v) is 19.6. The molecule has 34 heavy (non-hydrogen) atoms. The molecule has 9 heteroatoms. The predicted molar refractivity (Wildman–Crippen MR) is 123 cm³/mol. The maximum Gasteiger partial charge on any atom is 0.223 e. The molecular weight excluding hydrogens is 430 g/mol. The average Bonchev–Trinajstić information content (AvgIpc) is 3.49. The molecule has 1 saturated heterocycles. The number of hydrogen-bond donors (Lipinski definition) is 1. The van der Waals surface area contributed by atoms with Gasteiger partial charge in [-0.25, -0.2) is 19.9 Å². The van der Waals surface area contributed by atoms with E-state index in [1.54, 1.807) is 0 Å². The third kappa shape index (κ3) is 2.88. The van der Waals surface area contributed by atoms with Crippen LogP contribution in [0.15, 0.2) is 12.4 Å². The summed E-state index contributed by atoms with van der Waals surface area (Å²) >= 11 is 0. The standard InChI is InChI=1S/C25H29N7O2/c1-13-14(2)29-22-19(28-13)20(24-10-25(11-24,12-24)23(26)33)30-21(31-22)15-5-6-34-18(7-15)16-8-27-32(9-16)17-3-4-17/h8-9,15,17-18H,3-7,10-12H2,1-2H3,(H2,26,33)/t15-,18+,24?,25?/m0/s1. The van der Waals surface area contributed by atoms with E-state index in [2.05, 4.69) is 16.0 Å². The van der Waals surface area contributed by atoms with Crippen LogP contribution in [-0.4, -0.2) is 42.2 Å². The third-order valence-electron chi connectivity index (χ3n) is 8.58. The minimum Gasteiger partial charge on any atom is -0.373 e. The third-order valence-corrected chi connectivity index (χ3v) is 8.58. The van der Waals surface area contributed by atoms with E-state index in [1.807, 2.05) is 20.0 Å². The van der Waals surface area contributed by atoms with E-state index in [1.165, 1.54) is 12.8 Å². The second kappa shape index (κ2) is 6.81. The Kier molecular flexibility index (Phi) is 4.09. The van der Waals surface area contributed by atoms with Crippen molar-refractivity contribution in [3.05, 3.63) is 40.9 Å². The monoisotopic (exact) mass is 459 g/mol. The summed E-state index contributed by atoms with van der Waals surface area (Å²) in [7, 11) is 0. The van der Waals surface area contributed by atoms with Crippen molar-refractivity contribution in [3.8, 4) is 0 Å². The van der Waals surface area contributed by atoms with Gasteiger partial charge in [-0.2, -0.15) is 5.10 Å². The normalized spacial score (nSPS) is 32.3. The van der Waals surface area contributed by atoms with Crippen molar-refractivity contribution in [3.63, 3.8) is 0 Å². The number of rotatable bonds is 5. The Bertz CT molecular complexity index is 1320. The highest BCUT2D eigenvalue weighted by atomic mass is 16.5. The summed E-state index contributed by atoms with van der Waals surface area (Å²) in [5.41, 5.74) is 10.5. The molecule has 3 aromatic heterocycles. The van der Waals surface area contributed by atoms with Gasteiger partial charge in [0.05, 0.1) is 40.8 Å². The molecule has 176 valence electrons. The molecule has 5 aliphatic rings. The molecule has 2 atom stereocenters. The highest BCUT2D eigenvalue weighted by molar-refractivity contribution is 5.87. The predicted octanol–water partition coefficient (Wildman–Crippen LogP) is 3.11. The van der Waals surface area contributed by atoms with E-state index in [9.17, 15) is 4.79 Å². The molecule has 0 spiro atoms. The quantitative estimate of drug-likeness (QED) is 0.622. The summed E-state index contributed by atoms with van der Waals surface area (Å²) in [5.74, 6) is 0.804. The number of hydrogen-bond acceptors (Lipinski definition) is 7. The molecule has 9 nitrogen and oxygen atoms in total. The van der Waals surface area contributed by atoms with E-state index < -0.39 is 0 Å². The molecule has 1 amide bonds. The van der Waals surface area contributed by atoms with Crippen molar-refractivity contribution in [1.82, 2.24) is 29.7 Å². The van der Waals surface area contributed by atoms with E-state index in [0.29, 0.717) is 18.3 Å². The zero-order chi connectivity index (χ0) is 23.2. The fourth-order valence-electron chi connectivity index (χ4n) is 6.30. The van der Waals surface area contributed by atoms with E-state index in [-0.39, 0.29) is 28.8 Å². The van der Waals surface area contributed by atoms with Crippen molar-refractivity contribution in [2.24, 2.45) is 11.1 Å². The zero-order valence-electron chi connectivity index (χ0n) is 19.6. The van der Waals surface area contributed by atoms with Crippen LogP contribution in [0.4, 0.5) is 0 Å². The van der Waals surface area contributed by atoms with Gasteiger partial charge < -0.3 is 10.5 Å². The van der Waals surface area contributed by atoms with Gasteiger partial charge >= 0.3 is 0 Å². The highest BCUT2D eigenvalue weighted by Gasteiger charge is 2.72. The Morgan fingerprint density at radius 3 is 2.59 bits per heavy atom. The number of primary amides is 1. The van der Waals surface area contributed by atoms with Crippen LogP contribution < -0.4 is 5.73 Å². The summed E-state index contributed by atoms with van der Waals surface area (Å²) < 4.78 is 8.21. The number of ether oxygens (including phenoxy) is 1. The van der Waals surface area contributed by atoms with E-state index >= 15 is 0 Å². The first-order valence-electron chi connectivity index (χ1n) is 12.3. The maximum atomic E-state index is 12.0. The molecule has 4 aliphatic carbocycles. The van der Waals surface area contributed by atoms with Gasteiger partial charge in [-0.3, -0.25) is 9.48 Å². The van der Waals surface area contributed by atoms with Crippen LogP contribution in [0.3, 0.4) is 0 Å². The molecule has 4 saturated carbocycles. The molecular formula is C25H29N7O2. The molecule has 2 N–H and O–H groups in total. The minimum absolute atomic E-state index is 0.00656. The molecule has 8 rings (SSSR count). The summed E-state index contributed by atoms with van der Waals surface area (Å²) in [6.07, 6.45) is 10.5. The number of fused-ring (bicyclic) bond motifs is 1. The van der Waals surface area contributed by atoms with Crippen LogP contribution in [0.1, 0.15) is 91.5 Å². The van der Waals surface area contributed by atoms with Crippen molar-refractivity contribution >= 4 is 17.1 Å². The molecule has 2 bridgehead atoms. The second-order valence-corrected chi connectivity index (χ2v) is 11.0. The largest absolute Gasteiger partial charge is 0.373 e. The molecule has 0 radical (unpaired) electrons. The van der Waals surface area contributed by atoms with Crippen molar-refractivity contribution in [1.29, 1.82) is 0 Å². The van der Waals surface area contributed by atoms with Crippen LogP contribution in [0.25, 0.3) is 11.2 Å². The summed E-state index contributed by atoms with van der Waals surface area (Å²) in [4.78, 5) is 31.7. The number of aromatic nitrogens is 6. The molecule has 0 unspecified atom stereocenters. The lowest BCUT2D eigenvalue weighted by molar-refractivity contribution is -0.173. The van der Waals surface area contributed by atoms with E-state index in [0.717, 1.165) is 66.1 Å². The van der Waals surface area contributed by atoms with Gasteiger partial charge in [0.15, 0.2) is 5.65 Å². The Labute approximate surface area is 197 Å². The SMILES string of the molecule is Cc1nc2nc([C@H]3CCO[C@@H](c4cnn(C5CC5)c4)C3)nc(C34CC(C(N)=O)(C3)C4)c2nc1C. The van der Waals surface area contributed by atoms with Crippen LogP contribution >= 0.6 is 0 Å². The summed E-state index contributed by atoms with van der Waals surface area (Å²) in [6, 6.07) is 0.557. The molecule has 1 aliphatic heterocycles. The number of nitrogens with two attached hydrogens (primary N) is 1. The van der Waals surface area contributed by atoms with E-state index in [4.69, 9.17) is 30.4 Å². The van der Waals surface area contributed by atoms with Gasteiger partial charge in [-0.15, -0.1) is 0 Å². The smallest absolute Gasteiger partial charge is 0.223 e. The van der Waals surface area contributed by atoms with Crippen LogP contribution in [0, 0.1) is 19.3 Å². The highest BCUT2D eigenvalue weighted by Crippen LogP contribution is 2.73. The number of nitrogens with zero attached hydrogens (tertiary/aromatic N) is 6. The lowest BCUT2D eigenvalue weighted by Gasteiger charge is -2.68. The lowest BCUT2D eigenvalue weighted by Crippen LogP contribution is -2.69. The summed E-state index contributed by atoms with van der Waals surface area (Å²) in [5, 5.41) is 4.55. The van der Waals surface area contributed by atoms with Crippen LogP contribution in [0.2, 0.25) is 0 Å². The number of amides is 1. The Balaban J connectivity index is 1.25. The topological polar surface area (TPSA) is 122 Å². The fourth-order valence-corrected chi connectivity index (χ4v) is 6.30. The first-order chi connectivity index (χ1) is 16.4. The van der Waals surface area contributed by atoms with Crippen LogP contribution in [0.5, 0.6) is 0 Å². The maximum absolute atomic E-state index is 12.0. The number of aryl methyl sites for hydroxylation is 2. The van der Waals surface area contributed by atoms with Crippen molar-refractivity contribution < 1.29 is 9.53 Å². The minimum atomic E-state index is -0.351. The second-order valence-electron chi connectivity index (χ2n) is 11.0. The molecule has 3 aromatic rings. The van der Waals surface area contributed by atoms with Crippen molar-refractivity contribution in [2.75, 3.05) is 6.61 Å². The number of carbonyl (C=O) groups excluding carboxylic acids is 1. The Morgan fingerprint density at radius 1 is 1.09 bits per heavy atom. The number of carbonyl (C=O) groups is 1. The molecule has 4 heterocycles. The van der Waals surface area contributed by atoms with Crippen LogP contribution in [-0.2, 0) is 14.9 Å². The Morgan fingerprint density at radius 2 is 1.85 bits per heavy atom. The van der Waals surface area contributed by atoms with Gasteiger partial charge in [-0.1, -0.05) is 0 Å². The van der Waals surface area contributed by atoms with Gasteiger partial charge in [0.25, 0.3) is 0 Å². The van der Waals surface area contributed by atoms with Gasteiger partial charge in [-0.05, 0) is 58.8 Å². The first kappa shape index (κ1) is 20.4. The molecule has 0 aromatic carbocycles. The lowest BCUT2D eigenvalue weighted by atomic mass is 9.34. The summed E-state index contributed by atoms with van der Waals surface area (Å²) in [6.45, 7) is 4.60. The first-order valence-corrected chi connectivity index (χ1v) is 12.3. The van der Waals surface area contributed by atoms with Gasteiger partial charge in [0.1, 0.15) is 11.3 Å². The molecule has 5 fully saturated rings. The average molecular weight is 460 g/mol. The van der Waals surface area contributed by atoms with Gasteiger partial charge in [0.2, 0.25) is 5.91 Å². The fraction of sp³-hybridized carbons (Fsp3) is 0.600.